The number of hydrogen-bond acceptors (Lipinski definition) is 1. The van der Waals surface area contributed by atoms with Crippen molar-refractivity contribution in [3.8, 4) is 39.1 Å². The van der Waals surface area contributed by atoms with E-state index < -0.39 is 0 Å². The molecule has 0 aliphatic rings. The molecule has 10 aromatic rings. The fourth-order valence-corrected chi connectivity index (χ4v) is 9.26. The van der Waals surface area contributed by atoms with Crippen molar-refractivity contribution in [2.24, 2.45) is 0 Å². The largest absolute Gasteiger partial charge is 0.310 e. The van der Waals surface area contributed by atoms with Crippen molar-refractivity contribution in [3.63, 3.8) is 0 Å². The Morgan fingerprint density at radius 1 is 0.371 bits per heavy atom. The SMILES string of the molecule is CC(C)(C)c1cc(N(c2ccc(-c3cccc4c3c3ccccc3n4-c3ccccc3)cc2)c2ccccc2-c2cccc3cccc(-c4ccccc4)c23)cc(C(C)(C)C)c1. The molecule has 0 saturated carbocycles. The van der Waals surface area contributed by atoms with Crippen molar-refractivity contribution < 1.29 is 0 Å². The fraction of sp³-hybridized carbons (Fsp3) is 0.133. The van der Waals surface area contributed by atoms with Crippen molar-refractivity contribution >= 4 is 49.6 Å². The smallest absolute Gasteiger partial charge is 0.0547 e. The van der Waals surface area contributed by atoms with Crippen molar-refractivity contribution in [1.82, 2.24) is 4.57 Å². The molecule has 10 rings (SSSR count). The van der Waals surface area contributed by atoms with Crippen LogP contribution in [-0.4, -0.2) is 4.57 Å². The summed E-state index contributed by atoms with van der Waals surface area (Å²) in [6, 6.07) is 75.9. The molecule has 0 amide bonds. The summed E-state index contributed by atoms with van der Waals surface area (Å²) in [4.78, 5) is 2.50. The summed E-state index contributed by atoms with van der Waals surface area (Å²) < 4.78 is 2.40. The molecule has 9 aromatic carbocycles. The third kappa shape index (κ3) is 6.96. The molecule has 0 radical (unpaired) electrons. The summed E-state index contributed by atoms with van der Waals surface area (Å²) in [7, 11) is 0. The first-order valence-corrected chi connectivity index (χ1v) is 21.9. The molecule has 62 heavy (non-hydrogen) atoms. The van der Waals surface area contributed by atoms with Crippen LogP contribution in [-0.2, 0) is 10.8 Å². The predicted molar refractivity (Wildman–Crippen MR) is 267 cm³/mol. The fourth-order valence-electron chi connectivity index (χ4n) is 9.26. The summed E-state index contributed by atoms with van der Waals surface area (Å²) in [6.07, 6.45) is 0. The first-order valence-electron chi connectivity index (χ1n) is 21.9. The Kier molecular flexibility index (Phi) is 9.68. The van der Waals surface area contributed by atoms with Crippen LogP contribution in [0.5, 0.6) is 0 Å². The second-order valence-electron chi connectivity index (χ2n) is 18.6. The molecular formula is C60H52N2. The Bertz CT molecular complexity index is 3190. The molecule has 1 heterocycles. The lowest BCUT2D eigenvalue weighted by molar-refractivity contribution is 0.569. The first-order chi connectivity index (χ1) is 30.0. The molecule has 0 aliphatic carbocycles. The van der Waals surface area contributed by atoms with Crippen LogP contribution in [0.4, 0.5) is 17.1 Å². The highest BCUT2D eigenvalue weighted by molar-refractivity contribution is 6.16. The Morgan fingerprint density at radius 3 is 1.56 bits per heavy atom. The Labute approximate surface area is 366 Å². The lowest BCUT2D eigenvalue weighted by Crippen LogP contribution is -2.19. The molecule has 0 spiro atoms. The van der Waals surface area contributed by atoms with Gasteiger partial charge in [-0.15, -0.1) is 0 Å². The molecule has 0 fully saturated rings. The van der Waals surface area contributed by atoms with Gasteiger partial charge in [0, 0.05) is 33.4 Å². The van der Waals surface area contributed by atoms with E-state index in [1.54, 1.807) is 0 Å². The number of benzene rings is 9. The maximum absolute atomic E-state index is 2.50. The van der Waals surface area contributed by atoms with E-state index in [0.29, 0.717) is 0 Å². The van der Waals surface area contributed by atoms with Crippen LogP contribution < -0.4 is 4.90 Å². The summed E-state index contributed by atoms with van der Waals surface area (Å²) in [5.41, 5.74) is 16.7. The van der Waals surface area contributed by atoms with Gasteiger partial charge in [0.25, 0.3) is 0 Å². The number of rotatable bonds is 7. The Balaban J connectivity index is 1.20. The van der Waals surface area contributed by atoms with E-state index >= 15 is 0 Å². The van der Waals surface area contributed by atoms with Gasteiger partial charge in [-0.05, 0) is 115 Å². The van der Waals surface area contributed by atoms with Gasteiger partial charge in [-0.1, -0.05) is 193 Å². The standard InChI is InChI=1S/C60H52N2/c1-59(2,3)44-38-45(60(4,5)6)40-48(39-44)61(54-31-15-13-26-51(54)52-30-18-23-43-22-17-28-49(57(43)52)41-20-9-7-10-21-41)47-36-34-42(35-37-47)50-29-19-33-56-58(50)53-27-14-16-32-55(53)62(56)46-24-11-8-12-25-46/h7-40H,1-6H3. The normalized spacial score (nSPS) is 12.0. The molecule has 0 saturated heterocycles. The molecule has 2 nitrogen and oxygen atoms in total. The molecule has 1 aromatic heterocycles. The maximum atomic E-state index is 2.50. The van der Waals surface area contributed by atoms with Crippen LogP contribution in [0.3, 0.4) is 0 Å². The molecule has 0 bridgehead atoms. The van der Waals surface area contributed by atoms with E-state index in [-0.39, 0.29) is 10.8 Å². The van der Waals surface area contributed by atoms with Gasteiger partial charge in [0.05, 0.1) is 16.7 Å². The highest BCUT2D eigenvalue weighted by Gasteiger charge is 2.26. The van der Waals surface area contributed by atoms with Gasteiger partial charge < -0.3 is 9.47 Å². The van der Waals surface area contributed by atoms with Crippen LogP contribution in [0.25, 0.3) is 71.6 Å². The lowest BCUT2D eigenvalue weighted by atomic mass is 9.80. The minimum atomic E-state index is -0.0527. The highest BCUT2D eigenvalue weighted by atomic mass is 15.1. The minimum absolute atomic E-state index is 0.0527. The molecule has 0 unspecified atom stereocenters. The second-order valence-corrected chi connectivity index (χ2v) is 18.6. The summed E-state index contributed by atoms with van der Waals surface area (Å²) in [5.74, 6) is 0. The highest BCUT2D eigenvalue weighted by Crippen LogP contribution is 2.47. The van der Waals surface area contributed by atoms with Crippen molar-refractivity contribution in [2.45, 2.75) is 52.4 Å². The number of fused-ring (bicyclic) bond motifs is 4. The second kappa shape index (κ2) is 15.4. The lowest BCUT2D eigenvalue weighted by Gasteiger charge is -2.32. The quantitative estimate of drug-likeness (QED) is 0.156. The third-order valence-corrected chi connectivity index (χ3v) is 12.5. The van der Waals surface area contributed by atoms with Crippen molar-refractivity contribution in [2.75, 3.05) is 4.90 Å². The molecule has 0 atom stereocenters. The van der Waals surface area contributed by atoms with E-state index in [9.17, 15) is 0 Å². The van der Waals surface area contributed by atoms with Crippen molar-refractivity contribution in [1.29, 1.82) is 0 Å². The average Bonchev–Trinajstić information content (AvgIpc) is 3.64. The first kappa shape index (κ1) is 39.0. The average molecular weight is 801 g/mol. The number of aromatic nitrogens is 1. The van der Waals surface area contributed by atoms with Crippen molar-refractivity contribution in [3.05, 3.63) is 217 Å². The van der Waals surface area contributed by atoms with Crippen LogP contribution in [0.15, 0.2) is 206 Å². The summed E-state index contributed by atoms with van der Waals surface area (Å²) in [6.45, 7) is 13.9. The molecule has 0 N–H and O–H groups in total. The third-order valence-electron chi connectivity index (χ3n) is 12.5. The van der Waals surface area contributed by atoms with Gasteiger partial charge in [-0.25, -0.2) is 0 Å². The van der Waals surface area contributed by atoms with E-state index in [4.69, 9.17) is 0 Å². The monoisotopic (exact) mass is 800 g/mol. The van der Waals surface area contributed by atoms with Gasteiger partial charge in [-0.3, -0.25) is 0 Å². The zero-order chi connectivity index (χ0) is 42.6. The van der Waals surface area contributed by atoms with Crippen LogP contribution >= 0.6 is 0 Å². The zero-order valence-electron chi connectivity index (χ0n) is 36.5. The predicted octanol–water partition coefficient (Wildman–Crippen LogP) is 17.0. The number of anilines is 3. The Hall–Kier alpha value is -7.16. The summed E-state index contributed by atoms with van der Waals surface area (Å²) >= 11 is 0. The molecule has 0 aliphatic heterocycles. The number of nitrogens with zero attached hydrogens (tertiary/aromatic N) is 2. The van der Waals surface area contributed by atoms with E-state index in [0.717, 1.165) is 22.7 Å². The van der Waals surface area contributed by atoms with Crippen LogP contribution in [0, 0.1) is 0 Å². The number of para-hydroxylation sites is 3. The van der Waals surface area contributed by atoms with E-state index in [2.05, 4.69) is 257 Å². The molecular weight excluding hydrogens is 749 g/mol. The number of hydrogen-bond donors (Lipinski definition) is 0. The zero-order valence-corrected chi connectivity index (χ0v) is 36.5. The van der Waals surface area contributed by atoms with Gasteiger partial charge >= 0.3 is 0 Å². The van der Waals surface area contributed by atoms with Crippen LogP contribution in [0.1, 0.15) is 52.7 Å². The topological polar surface area (TPSA) is 8.17 Å². The molecule has 302 valence electrons. The van der Waals surface area contributed by atoms with Gasteiger partial charge in [-0.2, -0.15) is 0 Å². The van der Waals surface area contributed by atoms with E-state index in [1.807, 2.05) is 0 Å². The maximum Gasteiger partial charge on any atom is 0.0547 e. The van der Waals surface area contributed by atoms with E-state index in [1.165, 1.54) is 77.1 Å². The van der Waals surface area contributed by atoms with Gasteiger partial charge in [0.15, 0.2) is 0 Å². The van der Waals surface area contributed by atoms with Gasteiger partial charge in [0.2, 0.25) is 0 Å². The molecule has 2 heteroatoms. The summed E-state index contributed by atoms with van der Waals surface area (Å²) in [5, 5.41) is 4.99. The van der Waals surface area contributed by atoms with Gasteiger partial charge in [0.1, 0.15) is 0 Å². The Morgan fingerprint density at radius 2 is 0.887 bits per heavy atom. The van der Waals surface area contributed by atoms with Crippen LogP contribution in [0.2, 0.25) is 0 Å². The minimum Gasteiger partial charge on any atom is -0.310 e.